The fourth-order valence-electron chi connectivity index (χ4n) is 2.00. The summed E-state index contributed by atoms with van der Waals surface area (Å²) >= 11 is 0. The molecule has 0 radical (unpaired) electrons. The van der Waals surface area contributed by atoms with E-state index in [-0.39, 0.29) is 11.9 Å². The molecule has 1 atom stereocenters. The lowest BCUT2D eigenvalue weighted by molar-refractivity contribution is 0.0762. The molecule has 0 aliphatic rings. The van der Waals surface area contributed by atoms with E-state index in [2.05, 4.69) is 0 Å². The summed E-state index contributed by atoms with van der Waals surface area (Å²) in [5.74, 6) is 1.38. The molecule has 0 fully saturated rings. The number of carbonyl (C=O) groups excluding carboxylic acids is 1. The molecule has 0 saturated carbocycles. The molecular weight excluding hydrogens is 232 g/mol. The number of carbonyl (C=O) groups is 1. The smallest absolute Gasteiger partial charge is 0.257 e. The first-order chi connectivity index (χ1) is 8.38. The predicted octanol–water partition coefficient (Wildman–Crippen LogP) is 1.25. The van der Waals surface area contributed by atoms with Crippen LogP contribution in [0.4, 0.5) is 0 Å². The maximum atomic E-state index is 12.3. The van der Waals surface area contributed by atoms with Gasteiger partial charge in [0, 0.05) is 32.3 Å². The Morgan fingerprint density at radius 1 is 1.39 bits per heavy atom. The Balaban J connectivity index is 2.80. The molecule has 0 saturated heterocycles. The number of hydrogen-bond donors (Lipinski definition) is 1. The molecule has 1 heterocycles. The van der Waals surface area contributed by atoms with Gasteiger partial charge in [-0.15, -0.1) is 0 Å². The second-order valence-corrected chi connectivity index (χ2v) is 4.62. The van der Waals surface area contributed by atoms with Crippen molar-refractivity contribution in [1.82, 2.24) is 4.90 Å². The third-order valence-corrected chi connectivity index (χ3v) is 3.01. The molecule has 0 bridgehead atoms. The first-order valence-electron chi connectivity index (χ1n) is 5.95. The van der Waals surface area contributed by atoms with Crippen LogP contribution < -0.4 is 5.73 Å². The molecule has 1 aromatic heterocycles. The Hall–Kier alpha value is -1.33. The lowest BCUT2D eigenvalue weighted by Crippen LogP contribution is -2.41. The summed E-state index contributed by atoms with van der Waals surface area (Å²) in [4.78, 5) is 13.9. The van der Waals surface area contributed by atoms with Crippen LogP contribution in [0.25, 0.3) is 0 Å². The molecule has 1 rings (SSSR count). The van der Waals surface area contributed by atoms with Gasteiger partial charge in [0.25, 0.3) is 5.91 Å². The summed E-state index contributed by atoms with van der Waals surface area (Å²) in [7, 11) is 3.33. The van der Waals surface area contributed by atoms with E-state index in [1.54, 1.807) is 26.0 Å². The van der Waals surface area contributed by atoms with Crippen molar-refractivity contribution in [3.8, 4) is 0 Å². The van der Waals surface area contributed by atoms with E-state index < -0.39 is 0 Å². The highest BCUT2D eigenvalue weighted by molar-refractivity contribution is 5.96. The Kier molecular flexibility index (Phi) is 4.93. The quantitative estimate of drug-likeness (QED) is 0.858. The van der Waals surface area contributed by atoms with E-state index in [1.165, 1.54) is 0 Å². The molecule has 102 valence electrons. The van der Waals surface area contributed by atoms with Crippen LogP contribution in [-0.2, 0) is 4.74 Å². The number of nitrogens with two attached hydrogens (primary N) is 1. The Labute approximate surface area is 108 Å². The highest BCUT2D eigenvalue weighted by Crippen LogP contribution is 2.21. The topological polar surface area (TPSA) is 68.7 Å². The second-order valence-electron chi connectivity index (χ2n) is 4.62. The average molecular weight is 254 g/mol. The Morgan fingerprint density at radius 2 is 2.00 bits per heavy atom. The standard InChI is InChI=1S/C13H22N2O3/c1-8-9(2)18-10(3)12(8)13(16)15(4)6-11(14)7-17-5/h11H,6-7,14H2,1-5H3. The van der Waals surface area contributed by atoms with E-state index in [4.69, 9.17) is 14.9 Å². The van der Waals surface area contributed by atoms with Crippen LogP contribution >= 0.6 is 0 Å². The summed E-state index contributed by atoms with van der Waals surface area (Å²) in [5.41, 5.74) is 7.37. The second kappa shape index (κ2) is 6.02. The number of ether oxygens (including phenoxy) is 1. The molecule has 1 amide bonds. The number of hydrogen-bond acceptors (Lipinski definition) is 4. The lowest BCUT2D eigenvalue weighted by atomic mass is 10.1. The zero-order chi connectivity index (χ0) is 13.9. The Morgan fingerprint density at radius 3 is 2.44 bits per heavy atom. The van der Waals surface area contributed by atoms with E-state index in [0.29, 0.717) is 24.5 Å². The number of rotatable bonds is 5. The van der Waals surface area contributed by atoms with Crippen LogP contribution in [0.5, 0.6) is 0 Å². The molecule has 18 heavy (non-hydrogen) atoms. The van der Waals surface area contributed by atoms with Crippen LogP contribution in [0.3, 0.4) is 0 Å². The van der Waals surface area contributed by atoms with Crippen molar-refractivity contribution in [2.75, 3.05) is 27.3 Å². The van der Waals surface area contributed by atoms with Crippen LogP contribution in [-0.4, -0.2) is 44.2 Å². The molecule has 0 aliphatic heterocycles. The van der Waals surface area contributed by atoms with Crippen LogP contribution in [0.15, 0.2) is 4.42 Å². The van der Waals surface area contributed by atoms with Crippen LogP contribution in [0.2, 0.25) is 0 Å². The van der Waals surface area contributed by atoms with E-state index in [1.807, 2.05) is 13.8 Å². The van der Waals surface area contributed by atoms with Gasteiger partial charge in [0.2, 0.25) is 0 Å². The molecule has 0 spiro atoms. The highest BCUT2D eigenvalue weighted by Gasteiger charge is 2.22. The van der Waals surface area contributed by atoms with E-state index in [9.17, 15) is 4.79 Å². The molecule has 0 aliphatic carbocycles. The summed E-state index contributed by atoms with van der Waals surface area (Å²) in [6.45, 7) is 6.43. The number of methoxy groups -OCH3 is 1. The first kappa shape index (κ1) is 14.7. The Bertz CT molecular complexity index is 426. The summed E-state index contributed by atoms with van der Waals surface area (Å²) in [6.07, 6.45) is 0. The van der Waals surface area contributed by atoms with Gasteiger partial charge >= 0.3 is 0 Å². The molecule has 1 unspecified atom stereocenters. The fraction of sp³-hybridized carbons (Fsp3) is 0.615. The fourth-order valence-corrected chi connectivity index (χ4v) is 2.00. The number of furan rings is 1. The number of aryl methyl sites for hydroxylation is 2. The largest absolute Gasteiger partial charge is 0.466 e. The minimum Gasteiger partial charge on any atom is -0.466 e. The van der Waals surface area contributed by atoms with Gasteiger partial charge in [-0.2, -0.15) is 0 Å². The maximum absolute atomic E-state index is 12.3. The highest BCUT2D eigenvalue weighted by atomic mass is 16.5. The van der Waals surface area contributed by atoms with Crippen LogP contribution in [0.1, 0.15) is 27.4 Å². The van der Waals surface area contributed by atoms with Crippen molar-refractivity contribution < 1.29 is 13.9 Å². The predicted molar refractivity (Wildman–Crippen MR) is 69.7 cm³/mol. The van der Waals surface area contributed by atoms with Gasteiger partial charge in [-0.05, 0) is 20.8 Å². The van der Waals surface area contributed by atoms with Gasteiger partial charge in [-0.1, -0.05) is 0 Å². The number of nitrogens with zero attached hydrogens (tertiary/aromatic N) is 1. The third kappa shape index (κ3) is 3.11. The third-order valence-electron chi connectivity index (χ3n) is 3.01. The lowest BCUT2D eigenvalue weighted by Gasteiger charge is -2.21. The summed E-state index contributed by atoms with van der Waals surface area (Å²) in [6, 6.07) is -0.183. The van der Waals surface area contributed by atoms with E-state index >= 15 is 0 Å². The van der Waals surface area contributed by atoms with Crippen LogP contribution in [0, 0.1) is 20.8 Å². The van der Waals surface area contributed by atoms with Gasteiger partial charge in [0.1, 0.15) is 11.5 Å². The summed E-state index contributed by atoms with van der Waals surface area (Å²) in [5, 5.41) is 0. The van der Waals surface area contributed by atoms with Crippen molar-refractivity contribution in [1.29, 1.82) is 0 Å². The van der Waals surface area contributed by atoms with Crippen molar-refractivity contribution in [2.24, 2.45) is 5.73 Å². The number of amides is 1. The maximum Gasteiger partial charge on any atom is 0.257 e. The molecule has 2 N–H and O–H groups in total. The van der Waals surface area contributed by atoms with Gasteiger partial charge < -0.3 is 19.8 Å². The van der Waals surface area contributed by atoms with Gasteiger partial charge in [-0.25, -0.2) is 0 Å². The first-order valence-corrected chi connectivity index (χ1v) is 5.95. The van der Waals surface area contributed by atoms with Crippen molar-refractivity contribution in [3.05, 3.63) is 22.6 Å². The average Bonchev–Trinajstić information content (AvgIpc) is 2.52. The number of likely N-dealkylation sites (N-methyl/N-ethyl adjacent to an activating group) is 1. The minimum absolute atomic E-state index is 0.0617. The molecule has 0 aromatic carbocycles. The monoisotopic (exact) mass is 254 g/mol. The molecule has 5 nitrogen and oxygen atoms in total. The van der Waals surface area contributed by atoms with Gasteiger partial charge in [0.05, 0.1) is 12.2 Å². The molecule has 1 aromatic rings. The zero-order valence-corrected chi connectivity index (χ0v) is 11.7. The van der Waals surface area contributed by atoms with Crippen molar-refractivity contribution in [3.63, 3.8) is 0 Å². The van der Waals surface area contributed by atoms with Crippen molar-refractivity contribution in [2.45, 2.75) is 26.8 Å². The molecule has 5 heteroatoms. The van der Waals surface area contributed by atoms with Gasteiger partial charge in [0.15, 0.2) is 0 Å². The summed E-state index contributed by atoms with van der Waals surface area (Å²) < 4.78 is 10.4. The van der Waals surface area contributed by atoms with Crippen molar-refractivity contribution >= 4 is 5.91 Å². The molecular formula is C13H22N2O3. The normalized spacial score (nSPS) is 12.6. The van der Waals surface area contributed by atoms with E-state index in [0.717, 1.165) is 11.3 Å². The zero-order valence-electron chi connectivity index (χ0n) is 11.7. The minimum atomic E-state index is -0.183. The van der Waals surface area contributed by atoms with Gasteiger partial charge in [-0.3, -0.25) is 4.79 Å². The SMILES string of the molecule is COCC(N)CN(C)C(=O)c1c(C)oc(C)c1C.